The number of aromatic nitrogens is 2. The summed E-state index contributed by atoms with van der Waals surface area (Å²) in [5.41, 5.74) is 2.88. The number of ether oxygens (including phenoxy) is 1. The molecule has 0 bridgehead atoms. The largest absolute Gasteiger partial charge is 0.496 e. The zero-order valence-corrected chi connectivity index (χ0v) is 16.3. The van der Waals surface area contributed by atoms with E-state index in [0.717, 1.165) is 11.3 Å². The third kappa shape index (κ3) is 3.38. The van der Waals surface area contributed by atoms with Gasteiger partial charge in [0.15, 0.2) is 5.82 Å². The summed E-state index contributed by atoms with van der Waals surface area (Å²) in [6.45, 7) is 4.84. The summed E-state index contributed by atoms with van der Waals surface area (Å²) in [7, 11) is 1.61. The molecule has 2 heterocycles. The number of hydrogen-bond donors (Lipinski definition) is 0. The lowest BCUT2D eigenvalue weighted by atomic mass is 10.0. The summed E-state index contributed by atoms with van der Waals surface area (Å²) >= 11 is 0. The van der Waals surface area contributed by atoms with Crippen LogP contribution in [0.5, 0.6) is 5.75 Å². The number of anilines is 1. The van der Waals surface area contributed by atoms with Gasteiger partial charge in [0.25, 0.3) is 5.89 Å². The van der Waals surface area contributed by atoms with Gasteiger partial charge >= 0.3 is 0 Å². The summed E-state index contributed by atoms with van der Waals surface area (Å²) in [5, 5.41) is 4.14. The zero-order valence-electron chi connectivity index (χ0n) is 16.3. The molecule has 28 heavy (non-hydrogen) atoms. The van der Waals surface area contributed by atoms with Gasteiger partial charge in [-0.15, -0.1) is 0 Å². The van der Waals surface area contributed by atoms with Crippen LogP contribution in [0.1, 0.15) is 43.5 Å². The Balaban J connectivity index is 1.57. The molecular weight excluding hydrogens is 354 g/mol. The lowest BCUT2D eigenvalue weighted by Crippen LogP contribution is -2.24. The third-order valence-electron chi connectivity index (χ3n) is 5.12. The van der Waals surface area contributed by atoms with Gasteiger partial charge in [0.2, 0.25) is 5.91 Å². The Morgan fingerprint density at radius 2 is 2.00 bits per heavy atom. The smallest absolute Gasteiger partial charge is 0.261 e. The second kappa shape index (κ2) is 7.46. The topological polar surface area (TPSA) is 68.5 Å². The maximum absolute atomic E-state index is 12.6. The molecule has 1 unspecified atom stereocenters. The van der Waals surface area contributed by atoms with Crippen molar-refractivity contribution in [2.24, 2.45) is 0 Å². The molecule has 0 aliphatic carbocycles. The van der Waals surface area contributed by atoms with Gasteiger partial charge in [-0.3, -0.25) is 4.79 Å². The number of rotatable bonds is 5. The standard InChI is InChI=1S/C22H23N3O3/c1-14(2)15-7-6-8-17(11-15)25-13-16(12-20(25)26)21-23-22(28-24-21)18-9-4-5-10-19(18)27-3/h4-11,14,16H,12-13H2,1-3H3. The summed E-state index contributed by atoms with van der Waals surface area (Å²) in [6, 6.07) is 15.7. The zero-order chi connectivity index (χ0) is 19.7. The van der Waals surface area contributed by atoms with Gasteiger partial charge in [-0.1, -0.05) is 43.3 Å². The minimum atomic E-state index is -0.0950. The number of carbonyl (C=O) groups excluding carboxylic acids is 1. The average Bonchev–Trinajstić information content (AvgIpc) is 3.35. The molecule has 1 atom stereocenters. The molecule has 1 aromatic heterocycles. The molecule has 0 N–H and O–H groups in total. The Kier molecular flexibility index (Phi) is 4.86. The summed E-state index contributed by atoms with van der Waals surface area (Å²) in [5.74, 6) is 2.02. The highest BCUT2D eigenvalue weighted by molar-refractivity contribution is 5.96. The fourth-order valence-electron chi connectivity index (χ4n) is 3.51. The molecule has 6 heteroatoms. The highest BCUT2D eigenvalue weighted by atomic mass is 16.5. The maximum atomic E-state index is 12.6. The summed E-state index contributed by atoms with van der Waals surface area (Å²) in [6.07, 6.45) is 0.372. The van der Waals surface area contributed by atoms with E-state index in [4.69, 9.17) is 9.26 Å². The summed E-state index contributed by atoms with van der Waals surface area (Å²) in [4.78, 5) is 19.0. The van der Waals surface area contributed by atoms with Crippen molar-refractivity contribution in [1.82, 2.24) is 10.1 Å². The number of carbonyl (C=O) groups is 1. The minimum absolute atomic E-state index is 0.0783. The first-order chi connectivity index (χ1) is 13.6. The molecule has 1 amide bonds. The van der Waals surface area contributed by atoms with Crippen LogP contribution in [0.15, 0.2) is 53.1 Å². The predicted octanol–water partition coefficient (Wildman–Crippen LogP) is 4.39. The lowest BCUT2D eigenvalue weighted by molar-refractivity contribution is -0.117. The number of benzene rings is 2. The highest BCUT2D eigenvalue weighted by Crippen LogP contribution is 2.34. The van der Waals surface area contributed by atoms with Gasteiger partial charge in [-0.05, 0) is 35.7 Å². The van der Waals surface area contributed by atoms with E-state index in [9.17, 15) is 4.79 Å². The average molecular weight is 377 g/mol. The van der Waals surface area contributed by atoms with E-state index < -0.39 is 0 Å². The van der Waals surface area contributed by atoms with Gasteiger partial charge in [-0.25, -0.2) is 0 Å². The Morgan fingerprint density at radius 1 is 1.18 bits per heavy atom. The Labute approximate surface area is 164 Å². The van der Waals surface area contributed by atoms with Crippen LogP contribution >= 0.6 is 0 Å². The van der Waals surface area contributed by atoms with Gasteiger partial charge < -0.3 is 14.2 Å². The number of amides is 1. The third-order valence-corrected chi connectivity index (χ3v) is 5.12. The van der Waals surface area contributed by atoms with Crippen LogP contribution in [0, 0.1) is 0 Å². The van der Waals surface area contributed by atoms with E-state index in [1.165, 1.54) is 5.56 Å². The van der Waals surface area contributed by atoms with Crippen molar-refractivity contribution in [2.75, 3.05) is 18.6 Å². The second-order valence-electron chi connectivity index (χ2n) is 7.31. The molecule has 2 aromatic carbocycles. The van der Waals surface area contributed by atoms with Gasteiger partial charge in [-0.2, -0.15) is 4.98 Å². The van der Waals surface area contributed by atoms with Gasteiger partial charge in [0, 0.05) is 24.6 Å². The summed E-state index contributed by atoms with van der Waals surface area (Å²) < 4.78 is 10.8. The van der Waals surface area contributed by atoms with E-state index in [0.29, 0.717) is 36.3 Å². The van der Waals surface area contributed by atoms with Crippen molar-refractivity contribution < 1.29 is 14.1 Å². The lowest BCUT2D eigenvalue weighted by Gasteiger charge is -2.18. The second-order valence-corrected chi connectivity index (χ2v) is 7.31. The Hall–Kier alpha value is -3.15. The number of nitrogens with zero attached hydrogens (tertiary/aromatic N) is 3. The van der Waals surface area contributed by atoms with Crippen LogP contribution in [-0.2, 0) is 4.79 Å². The number of methoxy groups -OCH3 is 1. The number of para-hydroxylation sites is 1. The van der Waals surface area contributed by atoms with Crippen LogP contribution < -0.4 is 9.64 Å². The molecule has 1 aliphatic heterocycles. The van der Waals surface area contributed by atoms with E-state index in [1.807, 2.05) is 41.3 Å². The Bertz CT molecular complexity index is 996. The van der Waals surface area contributed by atoms with Crippen LogP contribution in [0.3, 0.4) is 0 Å². The Morgan fingerprint density at radius 3 is 2.79 bits per heavy atom. The molecule has 0 spiro atoms. The molecular formula is C22H23N3O3. The van der Waals surface area contributed by atoms with E-state index in [2.05, 4.69) is 36.1 Å². The van der Waals surface area contributed by atoms with Crippen molar-refractivity contribution in [3.63, 3.8) is 0 Å². The molecule has 4 rings (SSSR count). The molecule has 6 nitrogen and oxygen atoms in total. The van der Waals surface area contributed by atoms with Crippen LogP contribution in [0.25, 0.3) is 11.5 Å². The molecule has 1 aliphatic rings. The maximum Gasteiger partial charge on any atom is 0.261 e. The molecule has 0 saturated carbocycles. The normalized spacial score (nSPS) is 16.8. The monoisotopic (exact) mass is 377 g/mol. The number of hydrogen-bond acceptors (Lipinski definition) is 5. The molecule has 144 valence electrons. The first kappa shape index (κ1) is 18.2. The van der Waals surface area contributed by atoms with Gasteiger partial charge in [0.1, 0.15) is 5.75 Å². The van der Waals surface area contributed by atoms with Crippen molar-refractivity contribution in [3.8, 4) is 17.2 Å². The molecule has 1 saturated heterocycles. The van der Waals surface area contributed by atoms with E-state index in [-0.39, 0.29) is 11.8 Å². The van der Waals surface area contributed by atoms with Crippen molar-refractivity contribution >= 4 is 11.6 Å². The minimum Gasteiger partial charge on any atom is -0.496 e. The molecule has 0 radical (unpaired) electrons. The quantitative estimate of drug-likeness (QED) is 0.660. The van der Waals surface area contributed by atoms with Crippen molar-refractivity contribution in [1.29, 1.82) is 0 Å². The first-order valence-electron chi connectivity index (χ1n) is 9.44. The van der Waals surface area contributed by atoms with Gasteiger partial charge in [0.05, 0.1) is 12.7 Å². The fourth-order valence-corrected chi connectivity index (χ4v) is 3.51. The molecule has 1 fully saturated rings. The fraction of sp³-hybridized carbons (Fsp3) is 0.318. The van der Waals surface area contributed by atoms with Crippen LogP contribution in [0.4, 0.5) is 5.69 Å². The molecule has 3 aromatic rings. The highest BCUT2D eigenvalue weighted by Gasteiger charge is 2.35. The van der Waals surface area contributed by atoms with E-state index in [1.54, 1.807) is 7.11 Å². The van der Waals surface area contributed by atoms with Crippen molar-refractivity contribution in [3.05, 3.63) is 59.9 Å². The first-order valence-corrected chi connectivity index (χ1v) is 9.44. The SMILES string of the molecule is COc1ccccc1-c1nc(C2CC(=O)N(c3cccc(C(C)C)c3)C2)no1. The van der Waals surface area contributed by atoms with Crippen LogP contribution in [-0.4, -0.2) is 29.7 Å². The predicted molar refractivity (Wildman–Crippen MR) is 107 cm³/mol. The van der Waals surface area contributed by atoms with E-state index >= 15 is 0 Å². The van der Waals surface area contributed by atoms with Crippen molar-refractivity contribution in [2.45, 2.75) is 32.1 Å². The van der Waals surface area contributed by atoms with Crippen LogP contribution in [0.2, 0.25) is 0 Å².